The van der Waals surface area contributed by atoms with Gasteiger partial charge in [0.25, 0.3) is 5.91 Å². The molecule has 5 nitrogen and oxygen atoms in total. The average molecular weight is 280 g/mol. The summed E-state index contributed by atoms with van der Waals surface area (Å²) in [6.45, 7) is 3.89. The van der Waals surface area contributed by atoms with E-state index in [2.05, 4.69) is 15.5 Å². The zero-order chi connectivity index (χ0) is 14.8. The zero-order valence-corrected chi connectivity index (χ0v) is 11.9. The van der Waals surface area contributed by atoms with Gasteiger partial charge in [0.05, 0.1) is 6.04 Å². The molecule has 0 aliphatic rings. The smallest absolute Gasteiger partial charge is 0.251 e. The summed E-state index contributed by atoms with van der Waals surface area (Å²) in [4.78, 5) is 12.2. The van der Waals surface area contributed by atoms with E-state index >= 15 is 0 Å². The maximum Gasteiger partial charge on any atom is 0.251 e. The third kappa shape index (κ3) is 2.63. The molecule has 2 aromatic heterocycles. The number of amides is 1. The molecule has 3 rings (SSSR count). The molecule has 5 heteroatoms. The van der Waals surface area contributed by atoms with Crippen molar-refractivity contribution in [2.45, 2.75) is 19.9 Å². The van der Waals surface area contributed by atoms with Crippen molar-refractivity contribution in [3.05, 3.63) is 65.6 Å². The number of nitrogens with zero attached hydrogens (tertiary/aromatic N) is 3. The van der Waals surface area contributed by atoms with Crippen LogP contribution in [-0.4, -0.2) is 20.5 Å². The van der Waals surface area contributed by atoms with E-state index in [9.17, 15) is 4.79 Å². The fourth-order valence-corrected chi connectivity index (χ4v) is 2.20. The van der Waals surface area contributed by atoms with Crippen LogP contribution in [0.3, 0.4) is 0 Å². The van der Waals surface area contributed by atoms with Gasteiger partial charge in [-0.1, -0.05) is 23.8 Å². The second-order valence-electron chi connectivity index (χ2n) is 5.05. The molecular formula is C16H16N4O. The van der Waals surface area contributed by atoms with Crippen molar-refractivity contribution in [3.8, 4) is 0 Å². The quantitative estimate of drug-likeness (QED) is 0.802. The molecule has 3 aromatic rings. The molecule has 1 aromatic carbocycles. The van der Waals surface area contributed by atoms with Crippen LogP contribution in [0.4, 0.5) is 0 Å². The van der Waals surface area contributed by atoms with Gasteiger partial charge in [0.1, 0.15) is 0 Å². The zero-order valence-electron chi connectivity index (χ0n) is 11.9. The SMILES string of the molecule is Cc1ccc(C(=O)N[C@@H](C)c2nnc3ccccn23)cc1. The van der Waals surface area contributed by atoms with Gasteiger partial charge in [0, 0.05) is 11.8 Å². The highest BCUT2D eigenvalue weighted by atomic mass is 16.1. The Morgan fingerprint density at radius 2 is 1.90 bits per heavy atom. The van der Waals surface area contributed by atoms with Gasteiger partial charge in [-0.3, -0.25) is 9.20 Å². The van der Waals surface area contributed by atoms with E-state index in [4.69, 9.17) is 0 Å². The molecular weight excluding hydrogens is 264 g/mol. The molecule has 1 amide bonds. The molecule has 0 aliphatic heterocycles. The highest BCUT2D eigenvalue weighted by Crippen LogP contribution is 2.13. The fraction of sp³-hybridized carbons (Fsp3) is 0.188. The van der Waals surface area contributed by atoms with Gasteiger partial charge in [-0.15, -0.1) is 10.2 Å². The summed E-state index contributed by atoms with van der Waals surface area (Å²) in [6.07, 6.45) is 1.89. The van der Waals surface area contributed by atoms with Crippen LogP contribution in [0.2, 0.25) is 0 Å². The summed E-state index contributed by atoms with van der Waals surface area (Å²) >= 11 is 0. The van der Waals surface area contributed by atoms with Gasteiger partial charge >= 0.3 is 0 Å². The molecule has 1 atom stereocenters. The predicted octanol–water partition coefficient (Wildman–Crippen LogP) is 2.53. The van der Waals surface area contributed by atoms with Crippen LogP contribution in [0.15, 0.2) is 48.7 Å². The van der Waals surface area contributed by atoms with Gasteiger partial charge in [0.2, 0.25) is 0 Å². The number of aromatic nitrogens is 3. The molecule has 0 unspecified atom stereocenters. The fourth-order valence-electron chi connectivity index (χ4n) is 2.20. The van der Waals surface area contributed by atoms with Gasteiger partial charge in [-0.25, -0.2) is 0 Å². The Labute approximate surface area is 122 Å². The van der Waals surface area contributed by atoms with Crippen LogP contribution < -0.4 is 5.32 Å². The lowest BCUT2D eigenvalue weighted by Crippen LogP contribution is -2.27. The third-order valence-corrected chi connectivity index (χ3v) is 3.39. The van der Waals surface area contributed by atoms with Gasteiger partial charge < -0.3 is 5.32 Å². The first-order chi connectivity index (χ1) is 10.1. The van der Waals surface area contributed by atoms with Gasteiger partial charge in [-0.05, 0) is 38.1 Å². The van der Waals surface area contributed by atoms with E-state index in [0.717, 1.165) is 11.2 Å². The number of carbonyl (C=O) groups excluding carboxylic acids is 1. The summed E-state index contributed by atoms with van der Waals surface area (Å²) in [7, 11) is 0. The van der Waals surface area contributed by atoms with Crippen molar-refractivity contribution >= 4 is 11.6 Å². The Morgan fingerprint density at radius 3 is 2.67 bits per heavy atom. The predicted molar refractivity (Wildman–Crippen MR) is 80.0 cm³/mol. The van der Waals surface area contributed by atoms with Crippen molar-refractivity contribution in [3.63, 3.8) is 0 Å². The molecule has 0 radical (unpaired) electrons. The molecule has 21 heavy (non-hydrogen) atoms. The first-order valence-corrected chi connectivity index (χ1v) is 6.82. The van der Waals surface area contributed by atoms with E-state index in [1.54, 1.807) is 0 Å². The summed E-state index contributed by atoms with van der Waals surface area (Å²) < 4.78 is 1.88. The summed E-state index contributed by atoms with van der Waals surface area (Å²) in [6, 6.07) is 13.0. The number of nitrogens with one attached hydrogen (secondary N) is 1. The van der Waals surface area contributed by atoms with E-state index in [1.165, 1.54) is 0 Å². The highest BCUT2D eigenvalue weighted by Gasteiger charge is 2.16. The van der Waals surface area contributed by atoms with E-state index in [0.29, 0.717) is 11.4 Å². The van der Waals surface area contributed by atoms with Crippen LogP contribution in [-0.2, 0) is 0 Å². The number of fused-ring (bicyclic) bond motifs is 1. The normalized spacial score (nSPS) is 12.3. The van der Waals surface area contributed by atoms with Gasteiger partial charge in [0.15, 0.2) is 11.5 Å². The first kappa shape index (κ1) is 13.3. The molecule has 0 bridgehead atoms. The summed E-state index contributed by atoms with van der Waals surface area (Å²) in [5.41, 5.74) is 2.54. The number of pyridine rings is 1. The minimum absolute atomic E-state index is 0.116. The Bertz CT molecular complexity index is 776. The van der Waals surface area contributed by atoms with E-state index < -0.39 is 0 Å². The highest BCUT2D eigenvalue weighted by molar-refractivity contribution is 5.94. The monoisotopic (exact) mass is 280 g/mol. The Balaban J connectivity index is 1.81. The minimum atomic E-state index is -0.226. The molecule has 0 spiro atoms. The second kappa shape index (κ2) is 5.36. The lowest BCUT2D eigenvalue weighted by molar-refractivity contribution is 0.0938. The topological polar surface area (TPSA) is 59.3 Å². The number of hydrogen-bond donors (Lipinski definition) is 1. The molecule has 106 valence electrons. The molecule has 1 N–H and O–H groups in total. The molecule has 0 fully saturated rings. The van der Waals surface area contributed by atoms with Crippen LogP contribution in [0, 0.1) is 6.92 Å². The van der Waals surface area contributed by atoms with Crippen LogP contribution in [0.5, 0.6) is 0 Å². The van der Waals surface area contributed by atoms with Crippen molar-refractivity contribution in [2.24, 2.45) is 0 Å². The standard InChI is InChI=1S/C16H16N4O/c1-11-6-8-13(9-7-11)16(21)17-12(2)15-19-18-14-5-3-4-10-20(14)15/h3-10,12H,1-2H3,(H,17,21)/t12-/m0/s1. The number of benzene rings is 1. The minimum Gasteiger partial charge on any atom is -0.342 e. The van der Waals surface area contributed by atoms with Gasteiger partial charge in [-0.2, -0.15) is 0 Å². The lowest BCUT2D eigenvalue weighted by Gasteiger charge is -2.12. The molecule has 0 saturated carbocycles. The molecule has 2 heterocycles. The number of rotatable bonds is 3. The molecule has 0 aliphatic carbocycles. The second-order valence-corrected chi connectivity index (χ2v) is 5.05. The third-order valence-electron chi connectivity index (χ3n) is 3.39. The Kier molecular flexibility index (Phi) is 3.39. The average Bonchev–Trinajstić information content (AvgIpc) is 2.92. The van der Waals surface area contributed by atoms with Crippen molar-refractivity contribution in [2.75, 3.05) is 0 Å². The summed E-state index contributed by atoms with van der Waals surface area (Å²) in [5.74, 6) is 0.598. The van der Waals surface area contributed by atoms with Crippen LogP contribution in [0.1, 0.15) is 34.7 Å². The van der Waals surface area contributed by atoms with Crippen LogP contribution >= 0.6 is 0 Å². The number of carbonyl (C=O) groups is 1. The largest absolute Gasteiger partial charge is 0.342 e. The van der Waals surface area contributed by atoms with Crippen molar-refractivity contribution < 1.29 is 4.79 Å². The number of aryl methyl sites for hydroxylation is 1. The van der Waals surface area contributed by atoms with E-state index in [-0.39, 0.29) is 11.9 Å². The van der Waals surface area contributed by atoms with Crippen molar-refractivity contribution in [1.82, 2.24) is 19.9 Å². The van der Waals surface area contributed by atoms with E-state index in [1.807, 2.05) is 66.9 Å². The Morgan fingerprint density at radius 1 is 1.14 bits per heavy atom. The summed E-state index contributed by atoms with van der Waals surface area (Å²) in [5, 5.41) is 11.2. The molecule has 0 saturated heterocycles. The van der Waals surface area contributed by atoms with Crippen LogP contribution in [0.25, 0.3) is 5.65 Å². The lowest BCUT2D eigenvalue weighted by atomic mass is 10.1. The maximum absolute atomic E-state index is 12.2. The number of hydrogen-bond acceptors (Lipinski definition) is 3. The first-order valence-electron chi connectivity index (χ1n) is 6.82. The Hall–Kier alpha value is -2.69. The van der Waals surface area contributed by atoms with Crippen molar-refractivity contribution in [1.29, 1.82) is 0 Å². The maximum atomic E-state index is 12.2.